The van der Waals surface area contributed by atoms with E-state index < -0.39 is 5.41 Å². The monoisotopic (exact) mass is 896 g/mol. The highest BCUT2D eigenvalue weighted by Gasteiger charge is 2.59. The molecule has 4 nitrogen and oxygen atoms in total. The van der Waals surface area contributed by atoms with Crippen LogP contribution in [0.1, 0.15) is 109 Å². The van der Waals surface area contributed by atoms with Crippen LogP contribution in [-0.4, -0.2) is 0 Å². The molecule has 0 amide bonds. The Morgan fingerprint density at radius 2 is 0.942 bits per heavy atom. The lowest BCUT2D eigenvalue weighted by molar-refractivity contribution is 0.0977. The van der Waals surface area contributed by atoms with E-state index in [0.717, 1.165) is 34.1 Å². The van der Waals surface area contributed by atoms with Crippen LogP contribution in [0.5, 0.6) is 0 Å². The second kappa shape index (κ2) is 16.8. The van der Waals surface area contributed by atoms with E-state index in [1.807, 2.05) is 24.3 Å². The van der Waals surface area contributed by atoms with Crippen molar-refractivity contribution in [2.24, 2.45) is 10.8 Å². The first-order valence-corrected chi connectivity index (χ1v) is 24.4. The quantitative estimate of drug-likeness (QED) is 0.113. The first-order chi connectivity index (χ1) is 33.0. The van der Waals surface area contributed by atoms with Gasteiger partial charge in [0.1, 0.15) is 0 Å². The molecule has 340 valence electrons. The zero-order valence-electron chi connectivity index (χ0n) is 41.6. The van der Waals surface area contributed by atoms with Crippen LogP contribution in [0.15, 0.2) is 170 Å². The van der Waals surface area contributed by atoms with Gasteiger partial charge in [0, 0.05) is 39.5 Å². The van der Waals surface area contributed by atoms with Gasteiger partial charge in [0.05, 0.1) is 18.2 Å². The molecule has 1 aliphatic carbocycles. The van der Waals surface area contributed by atoms with E-state index in [2.05, 4.69) is 236 Å². The normalized spacial score (nSPS) is 13.1. The molecule has 0 radical (unpaired) electrons. The molecule has 0 spiro atoms. The van der Waals surface area contributed by atoms with Gasteiger partial charge >= 0.3 is 0 Å². The van der Waals surface area contributed by atoms with Crippen molar-refractivity contribution in [2.75, 3.05) is 9.80 Å². The summed E-state index contributed by atoms with van der Waals surface area (Å²) >= 11 is 0. The molecule has 0 N–H and O–H groups in total. The highest BCUT2D eigenvalue weighted by molar-refractivity contribution is 6.20. The molecule has 0 aromatic heterocycles. The molecule has 9 aromatic rings. The SMILES string of the molecule is [C-]#[N+]c1ccc(N(c2ccc(C(C)C)cc2)c2ccc3c4c(c5ccccc5c3c2)-c2ccc3cc(N(c5ccc(C#N)cc5)c5ccc(C(C)C)cc5)ccc3c2C4(C(C)(C)C)C(C)(C)C)cc1. The number of hydrogen-bond acceptors (Lipinski definition) is 3. The number of benzene rings is 9. The molecule has 4 heteroatoms. The van der Waals surface area contributed by atoms with Crippen molar-refractivity contribution in [3.8, 4) is 17.2 Å². The van der Waals surface area contributed by atoms with E-state index in [-0.39, 0.29) is 10.8 Å². The van der Waals surface area contributed by atoms with Gasteiger partial charge in [0.2, 0.25) is 0 Å². The van der Waals surface area contributed by atoms with Crippen molar-refractivity contribution in [3.05, 3.63) is 209 Å². The van der Waals surface area contributed by atoms with Gasteiger partial charge in [-0.05, 0) is 173 Å². The lowest BCUT2D eigenvalue weighted by Crippen LogP contribution is -2.50. The minimum Gasteiger partial charge on any atom is -0.311 e. The molecule has 0 heterocycles. The number of anilines is 6. The Balaban J connectivity index is 1.23. The van der Waals surface area contributed by atoms with Gasteiger partial charge < -0.3 is 9.80 Å². The van der Waals surface area contributed by atoms with Gasteiger partial charge in [-0.3, -0.25) is 0 Å². The third-order valence-electron chi connectivity index (χ3n) is 14.9. The van der Waals surface area contributed by atoms with Crippen LogP contribution in [0.25, 0.3) is 48.3 Å². The molecule has 0 aliphatic heterocycles. The highest BCUT2D eigenvalue weighted by atomic mass is 15.1. The van der Waals surface area contributed by atoms with E-state index >= 15 is 0 Å². The minimum absolute atomic E-state index is 0.228. The van der Waals surface area contributed by atoms with Crippen LogP contribution in [0.2, 0.25) is 0 Å². The number of nitriles is 1. The minimum atomic E-state index is -0.434. The first-order valence-electron chi connectivity index (χ1n) is 24.4. The zero-order chi connectivity index (χ0) is 48.6. The Morgan fingerprint density at radius 1 is 0.478 bits per heavy atom. The van der Waals surface area contributed by atoms with Crippen LogP contribution in [-0.2, 0) is 5.41 Å². The van der Waals surface area contributed by atoms with Gasteiger partial charge in [-0.15, -0.1) is 0 Å². The summed E-state index contributed by atoms with van der Waals surface area (Å²) in [6.45, 7) is 31.3. The van der Waals surface area contributed by atoms with Crippen LogP contribution >= 0.6 is 0 Å². The highest BCUT2D eigenvalue weighted by Crippen LogP contribution is 2.68. The third kappa shape index (κ3) is 7.25. The van der Waals surface area contributed by atoms with Crippen molar-refractivity contribution in [2.45, 2.75) is 86.5 Å². The summed E-state index contributed by atoms with van der Waals surface area (Å²) < 4.78 is 0. The summed E-state index contributed by atoms with van der Waals surface area (Å²) in [6, 6.07) is 64.0. The summed E-state index contributed by atoms with van der Waals surface area (Å²) in [6.07, 6.45) is 0. The van der Waals surface area contributed by atoms with E-state index in [4.69, 9.17) is 6.57 Å². The lowest BCUT2D eigenvalue weighted by atomic mass is 9.49. The van der Waals surface area contributed by atoms with Crippen LogP contribution < -0.4 is 9.80 Å². The van der Waals surface area contributed by atoms with Crippen molar-refractivity contribution in [1.82, 2.24) is 0 Å². The fourth-order valence-corrected chi connectivity index (χ4v) is 12.1. The Labute approximate surface area is 408 Å². The maximum absolute atomic E-state index is 9.70. The fraction of sp³-hybridized carbons (Fsp3) is 0.231. The number of hydrogen-bond donors (Lipinski definition) is 0. The topological polar surface area (TPSA) is 34.6 Å². The Morgan fingerprint density at radius 3 is 1.43 bits per heavy atom. The smallest absolute Gasteiger partial charge is 0.187 e. The second-order valence-corrected chi connectivity index (χ2v) is 21.6. The third-order valence-corrected chi connectivity index (χ3v) is 14.9. The van der Waals surface area contributed by atoms with E-state index in [1.165, 1.54) is 65.7 Å². The summed E-state index contributed by atoms with van der Waals surface area (Å²) in [5.74, 6) is 0.846. The molecule has 10 rings (SSSR count). The summed E-state index contributed by atoms with van der Waals surface area (Å²) in [5, 5.41) is 17.1. The predicted octanol–water partition coefficient (Wildman–Crippen LogP) is 19.1. The number of rotatable bonds is 8. The van der Waals surface area contributed by atoms with Crippen molar-refractivity contribution >= 4 is 72.1 Å². The number of nitrogens with zero attached hydrogens (tertiary/aromatic N) is 4. The van der Waals surface area contributed by atoms with Gasteiger partial charge in [-0.1, -0.05) is 154 Å². The fourth-order valence-electron chi connectivity index (χ4n) is 12.1. The summed E-state index contributed by atoms with van der Waals surface area (Å²) in [5.41, 5.74) is 14.7. The summed E-state index contributed by atoms with van der Waals surface area (Å²) in [7, 11) is 0. The average molecular weight is 897 g/mol. The van der Waals surface area contributed by atoms with Crippen molar-refractivity contribution < 1.29 is 0 Å². The van der Waals surface area contributed by atoms with Crippen LogP contribution in [0.4, 0.5) is 39.8 Å². The Kier molecular flexibility index (Phi) is 11.0. The van der Waals surface area contributed by atoms with Gasteiger partial charge in [0.15, 0.2) is 5.69 Å². The van der Waals surface area contributed by atoms with Crippen molar-refractivity contribution in [1.29, 1.82) is 5.26 Å². The van der Waals surface area contributed by atoms with Crippen LogP contribution in [0, 0.1) is 28.7 Å². The standard InChI is InChI=1S/C65H60N4/c1-41(2)44-18-27-49(28-19-44)68(48-25-16-43(40-66)17-26-48)52-33-36-54-46(38-52)22-35-58-60-56-15-13-12-14-55(56)59-39-53(34-37-57(59)62(60)65(61(54)58,63(5,6)7)64(8,9)10)69(51-31-23-47(67-11)24-32-51)50-29-20-45(21-30-50)42(3)4/h12-39,41-42H,1-10H3. The molecule has 0 saturated carbocycles. The van der Waals surface area contributed by atoms with E-state index in [0.29, 0.717) is 23.1 Å². The maximum Gasteiger partial charge on any atom is 0.187 e. The van der Waals surface area contributed by atoms with Crippen LogP contribution in [0.3, 0.4) is 0 Å². The molecule has 69 heavy (non-hydrogen) atoms. The maximum atomic E-state index is 9.70. The molecule has 0 unspecified atom stereocenters. The molecule has 9 aromatic carbocycles. The molecular weight excluding hydrogens is 837 g/mol. The summed E-state index contributed by atoms with van der Waals surface area (Å²) in [4.78, 5) is 8.36. The molecule has 0 saturated heterocycles. The molecule has 1 aliphatic rings. The lowest BCUT2D eigenvalue weighted by Gasteiger charge is -2.54. The number of fused-ring (bicyclic) bond motifs is 10. The molecule has 0 atom stereocenters. The average Bonchev–Trinajstić information content (AvgIpc) is 3.69. The largest absolute Gasteiger partial charge is 0.311 e. The van der Waals surface area contributed by atoms with E-state index in [1.54, 1.807) is 0 Å². The first kappa shape index (κ1) is 45.1. The molecule has 0 bridgehead atoms. The van der Waals surface area contributed by atoms with Gasteiger partial charge in [0.25, 0.3) is 0 Å². The molecule has 0 fully saturated rings. The van der Waals surface area contributed by atoms with Gasteiger partial charge in [-0.2, -0.15) is 5.26 Å². The van der Waals surface area contributed by atoms with Crippen molar-refractivity contribution in [3.63, 3.8) is 0 Å². The van der Waals surface area contributed by atoms with E-state index in [9.17, 15) is 5.26 Å². The Bertz CT molecular complexity index is 3500. The Hall–Kier alpha value is -7.66. The predicted molar refractivity (Wildman–Crippen MR) is 293 cm³/mol. The second-order valence-electron chi connectivity index (χ2n) is 21.6. The van der Waals surface area contributed by atoms with Gasteiger partial charge in [-0.25, -0.2) is 4.85 Å². The zero-order valence-corrected chi connectivity index (χ0v) is 41.6. The molecular formula is C65H60N4.